The van der Waals surface area contributed by atoms with Crippen LogP contribution in [0, 0.1) is 0 Å². The molecule has 0 aliphatic rings. The van der Waals surface area contributed by atoms with Crippen LogP contribution in [0.5, 0.6) is 0 Å². The molecule has 3 heterocycles. The van der Waals surface area contributed by atoms with Crippen molar-refractivity contribution in [1.82, 2.24) is 35.6 Å². The number of hydrogen-bond acceptors (Lipinski definition) is 9. The van der Waals surface area contributed by atoms with Crippen LogP contribution in [0.2, 0.25) is 0 Å². The van der Waals surface area contributed by atoms with Crippen molar-refractivity contribution in [3.8, 4) is 0 Å². The Hall–Kier alpha value is -4.04. The van der Waals surface area contributed by atoms with Gasteiger partial charge in [-0.05, 0) is 62.2 Å². The van der Waals surface area contributed by atoms with Crippen molar-refractivity contribution in [3.05, 3.63) is 94.7 Å². The fourth-order valence-electron chi connectivity index (χ4n) is 4.30. The molecule has 2 aromatic carbocycles. The second-order valence-electron chi connectivity index (χ2n) is 10.4. The van der Waals surface area contributed by atoms with Crippen LogP contribution in [0.4, 0.5) is 5.69 Å². The number of rotatable bonds is 13. The molecule has 4 N–H and O–H groups in total. The SMILES string of the molecule is CC(C)(CCn1ccc2cc(C(=O)NCc3nncs3)nnc21)NCC(O)c1cccc(NS(=O)c2ccccc2)c1. The van der Waals surface area contributed by atoms with Crippen LogP contribution in [0.15, 0.2) is 83.3 Å². The van der Waals surface area contributed by atoms with Crippen LogP contribution in [-0.2, 0) is 24.1 Å². The molecule has 13 heteroatoms. The van der Waals surface area contributed by atoms with E-state index in [-0.39, 0.29) is 17.1 Å². The Kier molecular flexibility index (Phi) is 9.32. The first-order valence-electron chi connectivity index (χ1n) is 13.4. The maximum atomic E-state index is 12.6. The lowest BCUT2D eigenvalue weighted by Gasteiger charge is -2.28. The topological polar surface area (TPSA) is 147 Å². The van der Waals surface area contributed by atoms with Crippen molar-refractivity contribution in [2.75, 3.05) is 11.3 Å². The van der Waals surface area contributed by atoms with Gasteiger partial charge in [-0.3, -0.25) is 4.79 Å². The zero-order valence-electron chi connectivity index (χ0n) is 23.2. The predicted octanol–water partition coefficient (Wildman–Crippen LogP) is 3.84. The molecule has 3 aromatic heterocycles. The fourth-order valence-corrected chi connectivity index (χ4v) is 5.62. The third-order valence-electron chi connectivity index (χ3n) is 6.74. The number of fused-ring (bicyclic) bond motifs is 1. The number of carbonyl (C=O) groups is 1. The van der Waals surface area contributed by atoms with Gasteiger partial charge in [0.25, 0.3) is 5.91 Å². The van der Waals surface area contributed by atoms with E-state index >= 15 is 0 Å². The lowest BCUT2D eigenvalue weighted by atomic mass is 9.99. The standard InChI is InChI=1S/C29H32N8O3S2/c1-29(2,31-17-25(38)20-7-6-8-22(15-20)36-42(40)23-9-4-3-5-10-23)12-14-37-13-11-21-16-24(33-35-27(21)37)28(39)30-18-26-34-32-19-41-26/h3-11,13,15-16,19,25,31,36,38H,12,14,17-18H2,1-2H3,(H,30,39). The van der Waals surface area contributed by atoms with Crippen molar-refractivity contribution in [2.24, 2.45) is 0 Å². The zero-order valence-corrected chi connectivity index (χ0v) is 24.9. The van der Waals surface area contributed by atoms with E-state index in [0.29, 0.717) is 40.9 Å². The normalized spacial score (nSPS) is 13.1. The number of aliphatic hydroxyl groups excluding tert-OH is 1. The Balaban J connectivity index is 1.13. The number of aryl methyl sites for hydroxylation is 1. The number of benzene rings is 2. The van der Waals surface area contributed by atoms with Crippen LogP contribution in [0.1, 0.15) is 47.4 Å². The molecule has 42 heavy (non-hydrogen) atoms. The van der Waals surface area contributed by atoms with Gasteiger partial charge in [-0.25, -0.2) is 4.21 Å². The van der Waals surface area contributed by atoms with Crippen LogP contribution >= 0.6 is 11.3 Å². The van der Waals surface area contributed by atoms with Gasteiger partial charge >= 0.3 is 0 Å². The van der Waals surface area contributed by atoms with E-state index in [0.717, 1.165) is 17.4 Å². The Morgan fingerprint density at radius 1 is 1.07 bits per heavy atom. The number of aliphatic hydroxyl groups is 1. The highest BCUT2D eigenvalue weighted by Crippen LogP contribution is 2.21. The summed E-state index contributed by atoms with van der Waals surface area (Å²) in [4.78, 5) is 13.2. The first-order valence-corrected chi connectivity index (χ1v) is 15.4. The molecule has 5 rings (SSSR count). The molecule has 2 atom stereocenters. The molecule has 0 aliphatic carbocycles. The van der Waals surface area contributed by atoms with Gasteiger partial charge in [0.2, 0.25) is 0 Å². The molecule has 0 aliphatic heterocycles. The van der Waals surface area contributed by atoms with E-state index in [4.69, 9.17) is 0 Å². The Morgan fingerprint density at radius 3 is 2.69 bits per heavy atom. The summed E-state index contributed by atoms with van der Waals surface area (Å²) >= 11 is 1.37. The lowest BCUT2D eigenvalue weighted by molar-refractivity contribution is 0.0945. The summed E-state index contributed by atoms with van der Waals surface area (Å²) in [5.74, 6) is -0.318. The number of aromatic nitrogens is 5. The van der Waals surface area contributed by atoms with Gasteiger partial charge in [0.15, 0.2) is 11.3 Å². The molecule has 0 bridgehead atoms. The number of anilines is 1. The van der Waals surface area contributed by atoms with E-state index in [9.17, 15) is 14.1 Å². The minimum atomic E-state index is -1.40. The van der Waals surface area contributed by atoms with E-state index in [2.05, 4.69) is 49.6 Å². The largest absolute Gasteiger partial charge is 0.387 e. The molecule has 0 saturated heterocycles. The number of amides is 1. The maximum absolute atomic E-state index is 12.6. The lowest BCUT2D eigenvalue weighted by Crippen LogP contribution is -2.42. The van der Waals surface area contributed by atoms with Crippen molar-refractivity contribution in [1.29, 1.82) is 0 Å². The van der Waals surface area contributed by atoms with Crippen molar-refractivity contribution < 1.29 is 14.1 Å². The maximum Gasteiger partial charge on any atom is 0.272 e. The van der Waals surface area contributed by atoms with E-state index in [1.807, 2.05) is 59.3 Å². The molecule has 5 aromatic rings. The van der Waals surface area contributed by atoms with Crippen LogP contribution < -0.4 is 15.4 Å². The second kappa shape index (κ2) is 13.3. The zero-order chi connectivity index (χ0) is 29.5. The van der Waals surface area contributed by atoms with Gasteiger partial charge in [-0.15, -0.1) is 31.7 Å². The third-order valence-corrected chi connectivity index (χ3v) is 8.56. The summed E-state index contributed by atoms with van der Waals surface area (Å²) in [6, 6.07) is 20.1. The Labute approximate surface area is 250 Å². The number of carbonyl (C=O) groups excluding carboxylic acids is 1. The van der Waals surface area contributed by atoms with E-state index in [1.165, 1.54) is 11.3 Å². The number of hydrogen-bond donors (Lipinski definition) is 4. The highest BCUT2D eigenvalue weighted by molar-refractivity contribution is 7.86. The van der Waals surface area contributed by atoms with Crippen LogP contribution in [-0.4, -0.2) is 52.3 Å². The molecule has 0 fully saturated rings. The van der Waals surface area contributed by atoms with Crippen molar-refractivity contribution in [3.63, 3.8) is 0 Å². The summed E-state index contributed by atoms with van der Waals surface area (Å²) in [5.41, 5.74) is 3.66. The predicted molar refractivity (Wildman–Crippen MR) is 163 cm³/mol. The highest BCUT2D eigenvalue weighted by atomic mass is 32.2. The van der Waals surface area contributed by atoms with Crippen molar-refractivity contribution in [2.45, 2.75) is 49.9 Å². The highest BCUT2D eigenvalue weighted by Gasteiger charge is 2.20. The smallest absolute Gasteiger partial charge is 0.272 e. The minimum Gasteiger partial charge on any atom is -0.387 e. The van der Waals surface area contributed by atoms with Crippen molar-refractivity contribution >= 4 is 45.0 Å². The summed E-state index contributed by atoms with van der Waals surface area (Å²) < 4.78 is 17.6. The van der Waals surface area contributed by atoms with Crippen LogP contribution in [0.25, 0.3) is 11.0 Å². The van der Waals surface area contributed by atoms with Crippen LogP contribution in [0.3, 0.4) is 0 Å². The summed E-state index contributed by atoms with van der Waals surface area (Å²) in [7, 11) is -1.40. The average molecular weight is 605 g/mol. The second-order valence-corrected chi connectivity index (χ2v) is 12.5. The molecule has 218 valence electrons. The van der Waals surface area contributed by atoms with Gasteiger partial charge in [-0.1, -0.05) is 30.3 Å². The fraction of sp³-hybridized carbons (Fsp3) is 0.276. The molecule has 0 spiro atoms. The molecular weight excluding hydrogens is 573 g/mol. The van der Waals surface area contributed by atoms with Gasteiger partial charge in [0.1, 0.15) is 21.5 Å². The number of β-amino-alcohol motifs (C(OH)–C–C–N with tert-alkyl or cyclic N) is 1. The van der Waals surface area contributed by atoms with E-state index in [1.54, 1.807) is 23.7 Å². The molecule has 1 amide bonds. The molecular formula is C29H32N8O3S2. The average Bonchev–Trinajstić information content (AvgIpc) is 3.68. The molecule has 2 unspecified atom stereocenters. The first kappa shape index (κ1) is 29.5. The summed E-state index contributed by atoms with van der Waals surface area (Å²) in [5, 5.41) is 34.8. The van der Waals surface area contributed by atoms with Gasteiger partial charge < -0.3 is 25.0 Å². The monoisotopic (exact) mass is 604 g/mol. The minimum absolute atomic E-state index is 0.242. The third kappa shape index (κ3) is 7.62. The molecule has 0 saturated carbocycles. The first-order chi connectivity index (χ1) is 20.3. The summed E-state index contributed by atoms with van der Waals surface area (Å²) in [6.45, 7) is 5.47. The quantitative estimate of drug-likeness (QED) is 0.159. The number of nitrogens with one attached hydrogen (secondary N) is 3. The van der Waals surface area contributed by atoms with Gasteiger partial charge in [0.05, 0.1) is 17.5 Å². The van der Waals surface area contributed by atoms with Gasteiger partial charge in [-0.2, -0.15) is 0 Å². The Morgan fingerprint density at radius 2 is 1.90 bits per heavy atom. The number of nitrogens with zero attached hydrogens (tertiary/aromatic N) is 5. The van der Waals surface area contributed by atoms with E-state index < -0.39 is 17.1 Å². The molecule has 11 nitrogen and oxygen atoms in total. The molecule has 0 radical (unpaired) electrons. The Bertz CT molecular complexity index is 1660. The summed E-state index contributed by atoms with van der Waals surface area (Å²) in [6.07, 6.45) is 1.95. The van der Waals surface area contributed by atoms with Gasteiger partial charge in [0, 0.05) is 35.9 Å².